The number of allylic oxidation sites excluding steroid dienone is 1. The number of unbranched alkanes of at least 4 members (excludes halogenated alkanes) is 2. The van der Waals surface area contributed by atoms with Crippen LogP contribution in [0.4, 0.5) is 13.2 Å². The Morgan fingerprint density at radius 1 is 0.861 bits per heavy atom. The molecule has 1 aliphatic rings. The van der Waals surface area contributed by atoms with Gasteiger partial charge in [-0.15, -0.1) is 0 Å². The van der Waals surface area contributed by atoms with Crippen molar-refractivity contribution in [2.45, 2.75) is 64.7 Å². The van der Waals surface area contributed by atoms with Gasteiger partial charge in [0.05, 0.1) is 6.61 Å². The smallest absolute Gasteiger partial charge is 0.167 e. The molecule has 4 heteroatoms. The molecule has 4 rings (SSSR count). The summed E-state index contributed by atoms with van der Waals surface area (Å²) in [6, 6.07) is 15.9. The predicted octanol–water partition coefficient (Wildman–Crippen LogP) is 9.64. The maximum absolute atomic E-state index is 14.8. The topological polar surface area (TPSA) is 9.23 Å². The normalized spacial score (nSPS) is 18.0. The van der Waals surface area contributed by atoms with Crippen LogP contribution in [-0.2, 0) is 0 Å². The van der Waals surface area contributed by atoms with Gasteiger partial charge in [0.1, 0.15) is 11.6 Å². The van der Waals surface area contributed by atoms with Crippen LogP contribution < -0.4 is 4.74 Å². The fraction of sp³-hybridized carbons (Fsp3) is 0.375. The minimum absolute atomic E-state index is 0.173. The maximum atomic E-state index is 14.8. The molecule has 0 atom stereocenters. The number of halogens is 3. The molecule has 0 aromatic heterocycles. The van der Waals surface area contributed by atoms with E-state index in [-0.39, 0.29) is 28.8 Å². The fourth-order valence-corrected chi connectivity index (χ4v) is 4.98. The molecule has 36 heavy (non-hydrogen) atoms. The van der Waals surface area contributed by atoms with Crippen LogP contribution in [0.2, 0.25) is 0 Å². The Hall–Kier alpha value is -3.01. The SMILES string of the molecule is CCCCCOc1ccc(C2CCC(/C=C/c3ccc(-c4ccc(C)cc4)c(F)c3F)CC2)c(F)c1. The summed E-state index contributed by atoms with van der Waals surface area (Å²) in [7, 11) is 0. The van der Waals surface area contributed by atoms with Crippen LogP contribution in [0.25, 0.3) is 17.2 Å². The van der Waals surface area contributed by atoms with Crippen LogP contribution >= 0.6 is 0 Å². The molecule has 0 aliphatic heterocycles. The number of hydrogen-bond acceptors (Lipinski definition) is 1. The lowest BCUT2D eigenvalue weighted by Gasteiger charge is -2.27. The van der Waals surface area contributed by atoms with Crippen molar-refractivity contribution in [2.24, 2.45) is 5.92 Å². The van der Waals surface area contributed by atoms with Gasteiger partial charge in [-0.3, -0.25) is 0 Å². The van der Waals surface area contributed by atoms with E-state index >= 15 is 0 Å². The molecule has 0 spiro atoms. The zero-order valence-corrected chi connectivity index (χ0v) is 21.2. The van der Waals surface area contributed by atoms with E-state index in [9.17, 15) is 13.2 Å². The average molecular weight is 493 g/mol. The number of hydrogen-bond donors (Lipinski definition) is 0. The van der Waals surface area contributed by atoms with E-state index in [4.69, 9.17) is 4.74 Å². The van der Waals surface area contributed by atoms with Gasteiger partial charge in [0.2, 0.25) is 0 Å². The molecule has 3 aromatic carbocycles. The second-order valence-electron chi connectivity index (χ2n) is 9.91. The number of benzene rings is 3. The van der Waals surface area contributed by atoms with Gasteiger partial charge in [-0.05, 0) is 68.1 Å². The van der Waals surface area contributed by atoms with E-state index in [1.807, 2.05) is 37.3 Å². The molecule has 1 aliphatic carbocycles. The van der Waals surface area contributed by atoms with Crippen LogP contribution in [0.1, 0.15) is 74.5 Å². The summed E-state index contributed by atoms with van der Waals surface area (Å²) < 4.78 is 50.0. The molecule has 0 bridgehead atoms. The quantitative estimate of drug-likeness (QED) is 0.270. The Morgan fingerprint density at radius 3 is 2.31 bits per heavy atom. The third kappa shape index (κ3) is 6.40. The van der Waals surface area contributed by atoms with Crippen LogP contribution in [-0.4, -0.2) is 6.61 Å². The molecule has 190 valence electrons. The molecule has 3 aromatic rings. The van der Waals surface area contributed by atoms with Crippen molar-refractivity contribution in [1.29, 1.82) is 0 Å². The lowest BCUT2D eigenvalue weighted by Crippen LogP contribution is -2.13. The van der Waals surface area contributed by atoms with Crippen molar-refractivity contribution in [3.63, 3.8) is 0 Å². The Bertz CT molecular complexity index is 1170. The predicted molar refractivity (Wildman–Crippen MR) is 142 cm³/mol. The maximum Gasteiger partial charge on any atom is 0.167 e. The van der Waals surface area contributed by atoms with Crippen LogP contribution in [0.5, 0.6) is 5.75 Å². The highest BCUT2D eigenvalue weighted by Crippen LogP contribution is 2.38. The summed E-state index contributed by atoms with van der Waals surface area (Å²) >= 11 is 0. The van der Waals surface area contributed by atoms with E-state index in [0.717, 1.165) is 56.1 Å². The molecule has 0 unspecified atom stereocenters. The van der Waals surface area contributed by atoms with Gasteiger partial charge >= 0.3 is 0 Å². The van der Waals surface area contributed by atoms with E-state index in [0.29, 0.717) is 17.9 Å². The lowest BCUT2D eigenvalue weighted by atomic mass is 9.78. The Kier molecular flexibility index (Phi) is 8.90. The number of aryl methyl sites for hydroxylation is 1. The highest BCUT2D eigenvalue weighted by atomic mass is 19.2. The molecule has 0 N–H and O–H groups in total. The van der Waals surface area contributed by atoms with Crippen molar-refractivity contribution in [2.75, 3.05) is 6.61 Å². The molecular formula is C32H35F3O. The fourth-order valence-electron chi connectivity index (χ4n) is 4.98. The van der Waals surface area contributed by atoms with Crippen molar-refractivity contribution < 1.29 is 17.9 Å². The molecule has 0 amide bonds. The highest BCUT2D eigenvalue weighted by molar-refractivity contribution is 5.67. The monoisotopic (exact) mass is 492 g/mol. The van der Waals surface area contributed by atoms with Crippen molar-refractivity contribution >= 4 is 6.08 Å². The van der Waals surface area contributed by atoms with E-state index in [1.54, 1.807) is 30.3 Å². The first-order chi connectivity index (χ1) is 17.5. The van der Waals surface area contributed by atoms with Crippen LogP contribution in [0.15, 0.2) is 60.7 Å². The van der Waals surface area contributed by atoms with Gasteiger partial charge in [0.15, 0.2) is 11.6 Å². The summed E-state index contributed by atoms with van der Waals surface area (Å²) in [4.78, 5) is 0. The van der Waals surface area contributed by atoms with Crippen molar-refractivity contribution in [1.82, 2.24) is 0 Å². The zero-order valence-electron chi connectivity index (χ0n) is 21.2. The summed E-state index contributed by atoms with van der Waals surface area (Å²) in [5.41, 5.74) is 3.00. The highest BCUT2D eigenvalue weighted by Gasteiger charge is 2.23. The summed E-state index contributed by atoms with van der Waals surface area (Å²) in [5.74, 6) is -0.814. The Labute approximate surface area is 213 Å². The minimum atomic E-state index is -0.822. The third-order valence-electron chi connectivity index (χ3n) is 7.22. The molecule has 1 saturated carbocycles. The largest absolute Gasteiger partial charge is 0.493 e. The first-order valence-corrected chi connectivity index (χ1v) is 13.1. The first-order valence-electron chi connectivity index (χ1n) is 13.1. The summed E-state index contributed by atoms with van der Waals surface area (Å²) in [6.45, 7) is 4.71. The molecular weight excluding hydrogens is 457 g/mol. The minimum Gasteiger partial charge on any atom is -0.493 e. The van der Waals surface area contributed by atoms with Gasteiger partial charge in [-0.25, -0.2) is 13.2 Å². The molecule has 0 heterocycles. The second-order valence-corrected chi connectivity index (χ2v) is 9.91. The second kappa shape index (κ2) is 12.3. The lowest BCUT2D eigenvalue weighted by molar-refractivity contribution is 0.304. The first kappa shape index (κ1) is 26.1. The number of rotatable bonds is 9. The van der Waals surface area contributed by atoms with Gasteiger partial charge in [0, 0.05) is 17.2 Å². The van der Waals surface area contributed by atoms with Gasteiger partial charge < -0.3 is 4.74 Å². The van der Waals surface area contributed by atoms with Gasteiger partial charge in [-0.1, -0.05) is 79.9 Å². The van der Waals surface area contributed by atoms with E-state index in [1.165, 1.54) is 6.07 Å². The standard InChI is InChI=1S/C32H35F3O/c1-3-4-5-20-36-27-17-19-28(30(33)21-27)24-13-8-23(9-14-24)10-15-26-16-18-29(32(35)31(26)34)25-11-6-22(2)7-12-25/h6-7,10-12,15-19,21,23-24H,3-5,8-9,13-14,20H2,1-2H3/b15-10+. The van der Waals surface area contributed by atoms with Crippen molar-refractivity contribution in [3.05, 3.63) is 94.8 Å². The molecule has 0 radical (unpaired) electrons. The van der Waals surface area contributed by atoms with Crippen LogP contribution in [0.3, 0.4) is 0 Å². The Balaban J connectivity index is 1.34. The van der Waals surface area contributed by atoms with Gasteiger partial charge in [-0.2, -0.15) is 0 Å². The summed E-state index contributed by atoms with van der Waals surface area (Å²) in [6.07, 6.45) is 10.4. The molecule has 1 fully saturated rings. The van der Waals surface area contributed by atoms with E-state index < -0.39 is 11.6 Å². The molecule has 1 nitrogen and oxygen atoms in total. The zero-order chi connectivity index (χ0) is 25.5. The average Bonchev–Trinajstić information content (AvgIpc) is 2.89. The summed E-state index contributed by atoms with van der Waals surface area (Å²) in [5, 5.41) is 0. The molecule has 0 saturated heterocycles. The van der Waals surface area contributed by atoms with Gasteiger partial charge in [0.25, 0.3) is 0 Å². The van der Waals surface area contributed by atoms with E-state index in [2.05, 4.69) is 6.92 Å². The Morgan fingerprint density at radius 2 is 1.61 bits per heavy atom. The van der Waals surface area contributed by atoms with Crippen LogP contribution in [0, 0.1) is 30.3 Å². The number of ether oxygens (including phenoxy) is 1. The van der Waals surface area contributed by atoms with Crippen molar-refractivity contribution in [3.8, 4) is 16.9 Å². The third-order valence-corrected chi connectivity index (χ3v) is 7.22.